The molecule has 1 unspecified atom stereocenters. The molecule has 4 heteroatoms. The molecule has 1 aromatic rings. The minimum absolute atomic E-state index is 0.00155. The zero-order chi connectivity index (χ0) is 15.1. The Morgan fingerprint density at radius 3 is 3.05 bits per heavy atom. The number of rotatable bonds is 5. The molecule has 2 rings (SSSR count). The second kappa shape index (κ2) is 8.14. The number of halogens is 1. The first-order valence-electron chi connectivity index (χ1n) is 7.37. The predicted octanol–water partition coefficient (Wildman–Crippen LogP) is 2.17. The van der Waals surface area contributed by atoms with Gasteiger partial charge >= 0.3 is 0 Å². The molecule has 0 saturated carbocycles. The van der Waals surface area contributed by atoms with Crippen LogP contribution in [-0.4, -0.2) is 42.9 Å². The van der Waals surface area contributed by atoms with Crippen molar-refractivity contribution >= 4 is 0 Å². The third-order valence-electron chi connectivity index (χ3n) is 3.48. The van der Waals surface area contributed by atoms with Gasteiger partial charge in [0.2, 0.25) is 0 Å². The molecule has 21 heavy (non-hydrogen) atoms. The number of aliphatic hydroxyl groups is 1. The average molecular weight is 291 g/mol. The quantitative estimate of drug-likeness (QED) is 0.844. The van der Waals surface area contributed by atoms with Gasteiger partial charge in [0.1, 0.15) is 5.82 Å². The Balaban J connectivity index is 1.96. The third-order valence-corrected chi connectivity index (χ3v) is 3.48. The van der Waals surface area contributed by atoms with Crippen molar-refractivity contribution in [3.8, 4) is 11.8 Å². The van der Waals surface area contributed by atoms with Gasteiger partial charge in [0.25, 0.3) is 0 Å². The Hall–Kier alpha value is -1.41. The van der Waals surface area contributed by atoms with Crippen LogP contribution in [0.2, 0.25) is 0 Å². The van der Waals surface area contributed by atoms with Crippen LogP contribution < -0.4 is 0 Å². The van der Waals surface area contributed by atoms with Crippen LogP contribution in [0.15, 0.2) is 18.2 Å². The first-order chi connectivity index (χ1) is 10.2. The van der Waals surface area contributed by atoms with Crippen LogP contribution in [0.25, 0.3) is 0 Å². The molecule has 114 valence electrons. The fourth-order valence-corrected chi connectivity index (χ4v) is 2.49. The van der Waals surface area contributed by atoms with Gasteiger partial charge in [0.15, 0.2) is 0 Å². The van der Waals surface area contributed by atoms with Gasteiger partial charge in [0.05, 0.1) is 18.3 Å². The van der Waals surface area contributed by atoms with E-state index in [0.717, 1.165) is 38.1 Å². The molecule has 0 aromatic heterocycles. The Labute approximate surface area is 125 Å². The van der Waals surface area contributed by atoms with Crippen LogP contribution in [0.1, 0.15) is 30.4 Å². The van der Waals surface area contributed by atoms with Crippen molar-refractivity contribution in [1.29, 1.82) is 0 Å². The molecule has 1 heterocycles. The predicted molar refractivity (Wildman–Crippen MR) is 80.3 cm³/mol. The molecule has 1 aromatic carbocycles. The van der Waals surface area contributed by atoms with Crippen molar-refractivity contribution in [1.82, 2.24) is 4.90 Å². The lowest BCUT2D eigenvalue weighted by atomic mass is 10.1. The van der Waals surface area contributed by atoms with E-state index in [1.165, 1.54) is 6.07 Å². The number of nitrogens with zero attached hydrogens (tertiary/aromatic N) is 1. The number of hydrogen-bond donors (Lipinski definition) is 1. The summed E-state index contributed by atoms with van der Waals surface area (Å²) in [7, 11) is 2.04. The summed E-state index contributed by atoms with van der Waals surface area (Å²) in [5.74, 6) is 5.22. The highest BCUT2D eigenvalue weighted by Crippen LogP contribution is 2.15. The Kier molecular flexibility index (Phi) is 6.19. The van der Waals surface area contributed by atoms with Gasteiger partial charge in [-0.2, -0.15) is 0 Å². The molecule has 1 saturated heterocycles. The standard InChI is InChI=1S/C17H22FNO2/c1-19(13-16-6-4-10-21-16)12-14-7-8-17(18)15(11-14)5-2-3-9-20/h7-8,11,16,20H,3-4,6,9-10,12-13H2,1H3. The van der Waals surface area contributed by atoms with Gasteiger partial charge < -0.3 is 9.84 Å². The van der Waals surface area contributed by atoms with Gasteiger partial charge in [-0.15, -0.1) is 0 Å². The lowest BCUT2D eigenvalue weighted by Gasteiger charge is -2.20. The highest BCUT2D eigenvalue weighted by molar-refractivity contribution is 5.38. The topological polar surface area (TPSA) is 32.7 Å². The van der Waals surface area contributed by atoms with E-state index < -0.39 is 0 Å². The van der Waals surface area contributed by atoms with E-state index in [9.17, 15) is 4.39 Å². The normalized spacial score (nSPS) is 17.8. The summed E-state index contributed by atoms with van der Waals surface area (Å²) in [6, 6.07) is 5.03. The monoisotopic (exact) mass is 291 g/mol. The zero-order valence-electron chi connectivity index (χ0n) is 12.4. The molecule has 0 aliphatic carbocycles. The maximum absolute atomic E-state index is 13.7. The summed E-state index contributed by atoms with van der Waals surface area (Å²) in [6.45, 7) is 2.50. The van der Waals surface area contributed by atoms with Crippen molar-refractivity contribution in [2.45, 2.75) is 31.9 Å². The molecule has 0 bridgehead atoms. The highest BCUT2D eigenvalue weighted by Gasteiger charge is 2.17. The number of hydrogen-bond acceptors (Lipinski definition) is 3. The van der Waals surface area contributed by atoms with Gasteiger partial charge in [-0.3, -0.25) is 4.90 Å². The molecule has 1 fully saturated rings. The largest absolute Gasteiger partial charge is 0.395 e. The van der Waals surface area contributed by atoms with Gasteiger partial charge in [-0.1, -0.05) is 17.9 Å². The van der Waals surface area contributed by atoms with Gasteiger partial charge in [-0.25, -0.2) is 4.39 Å². The minimum atomic E-state index is -0.314. The first-order valence-corrected chi connectivity index (χ1v) is 7.37. The lowest BCUT2D eigenvalue weighted by molar-refractivity contribution is 0.0793. The number of benzene rings is 1. The molecule has 3 nitrogen and oxygen atoms in total. The molecule has 0 amide bonds. The minimum Gasteiger partial charge on any atom is -0.395 e. The lowest BCUT2D eigenvalue weighted by Crippen LogP contribution is -2.28. The van der Waals surface area contributed by atoms with E-state index >= 15 is 0 Å². The number of likely N-dealkylation sites (N-methyl/N-ethyl adjacent to an activating group) is 1. The maximum atomic E-state index is 13.7. The van der Waals surface area contributed by atoms with E-state index in [4.69, 9.17) is 9.84 Å². The van der Waals surface area contributed by atoms with E-state index in [1.807, 2.05) is 7.05 Å². The second-order valence-electron chi connectivity index (χ2n) is 5.42. The van der Waals surface area contributed by atoms with Crippen molar-refractivity contribution in [3.05, 3.63) is 35.1 Å². The van der Waals surface area contributed by atoms with Crippen LogP contribution >= 0.6 is 0 Å². The third kappa shape index (κ3) is 5.13. The van der Waals surface area contributed by atoms with E-state index in [2.05, 4.69) is 16.7 Å². The molecule has 0 spiro atoms. The molecule has 0 radical (unpaired) electrons. The molecule has 1 N–H and O–H groups in total. The van der Waals surface area contributed by atoms with E-state index in [0.29, 0.717) is 18.1 Å². The smallest absolute Gasteiger partial charge is 0.138 e. The van der Waals surface area contributed by atoms with Crippen LogP contribution in [0.4, 0.5) is 4.39 Å². The van der Waals surface area contributed by atoms with Crippen molar-refractivity contribution in [2.24, 2.45) is 0 Å². The van der Waals surface area contributed by atoms with Crippen LogP contribution in [0.3, 0.4) is 0 Å². The summed E-state index contributed by atoms with van der Waals surface area (Å²) in [5.41, 5.74) is 1.43. The fraction of sp³-hybridized carbons (Fsp3) is 0.529. The molecular formula is C17H22FNO2. The fourth-order valence-electron chi connectivity index (χ4n) is 2.49. The molecule has 1 aliphatic heterocycles. The van der Waals surface area contributed by atoms with E-state index in [-0.39, 0.29) is 12.4 Å². The van der Waals surface area contributed by atoms with Crippen molar-refractivity contribution < 1.29 is 14.2 Å². The van der Waals surface area contributed by atoms with Crippen LogP contribution in [-0.2, 0) is 11.3 Å². The summed E-state index contributed by atoms with van der Waals surface area (Å²) in [5, 5.41) is 8.71. The maximum Gasteiger partial charge on any atom is 0.138 e. The summed E-state index contributed by atoms with van der Waals surface area (Å²) >= 11 is 0. The summed E-state index contributed by atoms with van der Waals surface area (Å²) in [6.07, 6.45) is 2.94. The molecular weight excluding hydrogens is 269 g/mol. The van der Waals surface area contributed by atoms with Crippen molar-refractivity contribution in [3.63, 3.8) is 0 Å². The first kappa shape index (κ1) is 16.0. The Morgan fingerprint density at radius 2 is 2.33 bits per heavy atom. The number of ether oxygens (including phenoxy) is 1. The Morgan fingerprint density at radius 1 is 1.48 bits per heavy atom. The van der Waals surface area contributed by atoms with E-state index in [1.54, 1.807) is 12.1 Å². The average Bonchev–Trinajstić information content (AvgIpc) is 2.95. The molecule has 1 atom stereocenters. The highest BCUT2D eigenvalue weighted by atomic mass is 19.1. The summed E-state index contributed by atoms with van der Waals surface area (Å²) in [4.78, 5) is 2.19. The zero-order valence-corrected chi connectivity index (χ0v) is 12.4. The SMILES string of the molecule is CN(Cc1ccc(F)c(C#CCCO)c1)CC1CCCO1. The van der Waals surface area contributed by atoms with Gasteiger partial charge in [-0.05, 0) is 37.6 Å². The Bertz CT molecular complexity index is 515. The summed E-state index contributed by atoms with van der Waals surface area (Å²) < 4.78 is 19.3. The van der Waals surface area contributed by atoms with Crippen molar-refractivity contribution in [2.75, 3.05) is 26.8 Å². The second-order valence-corrected chi connectivity index (χ2v) is 5.42. The van der Waals surface area contributed by atoms with Crippen LogP contribution in [0, 0.1) is 17.7 Å². The number of aliphatic hydroxyl groups excluding tert-OH is 1. The van der Waals surface area contributed by atoms with Gasteiger partial charge in [0, 0.05) is 26.1 Å². The van der Waals surface area contributed by atoms with Crippen LogP contribution in [0.5, 0.6) is 0 Å². The molecule has 1 aliphatic rings.